The number of halogens is 3. The van der Waals surface area contributed by atoms with E-state index in [1.54, 1.807) is 62.4 Å². The van der Waals surface area contributed by atoms with E-state index in [2.05, 4.69) is 0 Å². The number of ether oxygens (including phenoxy) is 3. The van der Waals surface area contributed by atoms with Crippen LogP contribution in [0.15, 0.2) is 66.7 Å². The van der Waals surface area contributed by atoms with Crippen LogP contribution in [0.1, 0.15) is 19.4 Å². The minimum Gasteiger partial charge on any atom is -0.490 e. The van der Waals surface area contributed by atoms with Gasteiger partial charge in [0.2, 0.25) is 0 Å². The van der Waals surface area contributed by atoms with Gasteiger partial charge in [0.25, 0.3) is 0 Å². The molecule has 1 N–H and O–H groups in total. The van der Waals surface area contributed by atoms with Crippen molar-refractivity contribution in [3.8, 4) is 22.6 Å². The molecule has 0 saturated carbocycles. The van der Waals surface area contributed by atoms with E-state index in [4.69, 9.17) is 37.4 Å². The predicted molar refractivity (Wildman–Crippen MR) is 136 cm³/mol. The summed E-state index contributed by atoms with van der Waals surface area (Å²) in [5.74, 6) is -0.0633. The number of hydrogen-bond donors (Lipinski definition) is 1. The molecule has 0 heterocycles. The quantitative estimate of drug-likeness (QED) is 0.282. The molecule has 0 aliphatic heterocycles. The summed E-state index contributed by atoms with van der Waals surface area (Å²) in [6, 6.07) is 19.3. The Morgan fingerprint density at radius 2 is 1.63 bits per heavy atom. The normalized spacial score (nSPS) is 12.9. The van der Waals surface area contributed by atoms with Gasteiger partial charge in [-0.05, 0) is 61.4 Å². The number of carboxylic acids is 1. The lowest BCUT2D eigenvalue weighted by molar-refractivity contribution is -0.153. The van der Waals surface area contributed by atoms with Gasteiger partial charge in [0.05, 0.1) is 6.10 Å². The van der Waals surface area contributed by atoms with E-state index in [1.807, 2.05) is 18.2 Å². The smallest absolute Gasteiger partial charge is 0.333 e. The highest BCUT2D eigenvalue weighted by Crippen LogP contribution is 2.31. The number of aliphatic carboxylic acids is 1. The van der Waals surface area contributed by atoms with E-state index in [9.17, 15) is 14.3 Å². The van der Waals surface area contributed by atoms with Crippen molar-refractivity contribution in [1.29, 1.82) is 0 Å². The zero-order valence-corrected chi connectivity index (χ0v) is 20.9. The van der Waals surface area contributed by atoms with Crippen LogP contribution < -0.4 is 9.47 Å². The summed E-state index contributed by atoms with van der Waals surface area (Å²) in [6.07, 6.45) is -2.35. The summed E-state index contributed by atoms with van der Waals surface area (Å²) in [7, 11) is 0. The molecule has 0 aliphatic carbocycles. The second-order valence-electron chi connectivity index (χ2n) is 8.23. The van der Waals surface area contributed by atoms with E-state index < -0.39 is 18.2 Å². The maximum absolute atomic E-state index is 14.4. The van der Waals surface area contributed by atoms with Crippen LogP contribution in [0.4, 0.5) is 4.39 Å². The monoisotopic (exact) mass is 520 g/mol. The Kier molecular flexibility index (Phi) is 9.78. The third kappa shape index (κ3) is 8.42. The molecule has 0 bridgehead atoms. The molecule has 0 amide bonds. The van der Waals surface area contributed by atoms with Gasteiger partial charge in [-0.25, -0.2) is 9.18 Å². The maximum Gasteiger partial charge on any atom is 0.333 e. The molecule has 35 heavy (non-hydrogen) atoms. The van der Waals surface area contributed by atoms with Gasteiger partial charge in [0.1, 0.15) is 24.7 Å². The molecule has 2 atom stereocenters. The summed E-state index contributed by atoms with van der Waals surface area (Å²) < 4.78 is 30.9. The van der Waals surface area contributed by atoms with Crippen molar-refractivity contribution in [3.05, 3.63) is 82.3 Å². The van der Waals surface area contributed by atoms with Gasteiger partial charge in [-0.3, -0.25) is 0 Å². The largest absolute Gasteiger partial charge is 0.490 e. The number of alkyl halides is 1. The molecule has 2 unspecified atom stereocenters. The fourth-order valence-electron chi connectivity index (χ4n) is 3.37. The molecule has 5 nitrogen and oxygen atoms in total. The van der Waals surface area contributed by atoms with Crippen molar-refractivity contribution in [2.75, 3.05) is 13.2 Å². The molecule has 186 valence electrons. The molecule has 3 aromatic rings. The minimum absolute atomic E-state index is 0.177. The standard InChI is InChI=1S/C27H27Cl2FO5/c1-17(2)35-26(27(31)32)13-18-4-3-5-23(12-18)34-16-21(30)15-33-22-9-6-19(7-10-22)24-11-8-20(28)14-25(24)29/h3-12,14,17,21,26H,13,15-16H2,1-2H3,(H,31,32). The first kappa shape index (κ1) is 26.8. The van der Waals surface area contributed by atoms with E-state index in [0.29, 0.717) is 21.5 Å². The first-order valence-corrected chi connectivity index (χ1v) is 11.9. The summed E-state index contributed by atoms with van der Waals surface area (Å²) in [6.45, 7) is 3.18. The summed E-state index contributed by atoms with van der Waals surface area (Å²) in [5.41, 5.74) is 2.46. The number of carbonyl (C=O) groups is 1. The molecule has 3 aromatic carbocycles. The highest BCUT2D eigenvalue weighted by Gasteiger charge is 2.20. The molecule has 8 heteroatoms. The van der Waals surface area contributed by atoms with Crippen molar-refractivity contribution in [1.82, 2.24) is 0 Å². The highest BCUT2D eigenvalue weighted by molar-refractivity contribution is 6.36. The zero-order valence-electron chi connectivity index (χ0n) is 19.4. The van der Waals surface area contributed by atoms with Gasteiger partial charge in [-0.2, -0.15) is 0 Å². The lowest BCUT2D eigenvalue weighted by Crippen LogP contribution is -2.29. The van der Waals surface area contributed by atoms with Gasteiger partial charge in [0, 0.05) is 22.0 Å². The molecular weight excluding hydrogens is 494 g/mol. The second kappa shape index (κ2) is 12.8. The Hall–Kier alpha value is -2.80. The molecule has 0 fully saturated rings. The van der Waals surface area contributed by atoms with E-state index in [0.717, 1.165) is 16.7 Å². The van der Waals surface area contributed by atoms with Crippen LogP contribution in [0, 0.1) is 0 Å². The number of carboxylic acid groups (broad SMARTS) is 1. The molecule has 3 rings (SSSR count). The highest BCUT2D eigenvalue weighted by atomic mass is 35.5. The summed E-state index contributed by atoms with van der Waals surface area (Å²) in [5, 5.41) is 10.5. The average molecular weight is 521 g/mol. The fourth-order valence-corrected chi connectivity index (χ4v) is 3.89. The lowest BCUT2D eigenvalue weighted by atomic mass is 10.1. The Balaban J connectivity index is 1.49. The third-order valence-corrected chi connectivity index (χ3v) is 5.54. The topological polar surface area (TPSA) is 65.0 Å². The van der Waals surface area contributed by atoms with E-state index in [1.165, 1.54) is 0 Å². The van der Waals surface area contributed by atoms with Gasteiger partial charge in [-0.1, -0.05) is 53.5 Å². The second-order valence-corrected chi connectivity index (χ2v) is 9.07. The molecule has 0 spiro atoms. The van der Waals surface area contributed by atoms with Crippen molar-refractivity contribution in [2.24, 2.45) is 0 Å². The van der Waals surface area contributed by atoms with Gasteiger partial charge in [0.15, 0.2) is 12.3 Å². The third-order valence-electron chi connectivity index (χ3n) is 4.99. The fraction of sp³-hybridized carbons (Fsp3) is 0.296. The van der Waals surface area contributed by atoms with Crippen LogP contribution in [-0.2, 0) is 16.0 Å². The van der Waals surface area contributed by atoms with Gasteiger partial charge in [-0.15, -0.1) is 0 Å². The van der Waals surface area contributed by atoms with Crippen LogP contribution in [0.2, 0.25) is 10.0 Å². The number of rotatable bonds is 12. The first-order chi connectivity index (χ1) is 16.7. The predicted octanol–water partition coefficient (Wildman–Crippen LogP) is 6.88. The van der Waals surface area contributed by atoms with E-state index in [-0.39, 0.29) is 25.7 Å². The van der Waals surface area contributed by atoms with Gasteiger partial charge < -0.3 is 19.3 Å². The zero-order chi connectivity index (χ0) is 25.4. The Morgan fingerprint density at radius 1 is 0.943 bits per heavy atom. The molecule has 0 aromatic heterocycles. The maximum atomic E-state index is 14.4. The van der Waals surface area contributed by atoms with Crippen LogP contribution in [0.5, 0.6) is 11.5 Å². The average Bonchev–Trinajstić information content (AvgIpc) is 2.81. The Labute approximate surface area is 214 Å². The van der Waals surface area contributed by atoms with Crippen molar-refractivity contribution >= 4 is 29.2 Å². The Morgan fingerprint density at radius 3 is 2.26 bits per heavy atom. The molecule has 0 saturated heterocycles. The number of benzene rings is 3. The van der Waals surface area contributed by atoms with Crippen LogP contribution in [0.3, 0.4) is 0 Å². The SMILES string of the molecule is CC(C)OC(Cc1cccc(OCC(F)COc2ccc(-c3ccc(Cl)cc3Cl)cc2)c1)C(=O)O. The summed E-state index contributed by atoms with van der Waals surface area (Å²) in [4.78, 5) is 11.4. The van der Waals surface area contributed by atoms with E-state index >= 15 is 0 Å². The van der Waals surface area contributed by atoms with Gasteiger partial charge >= 0.3 is 5.97 Å². The minimum atomic E-state index is -1.36. The molecule has 0 aliphatic rings. The molecule has 0 radical (unpaired) electrons. The van der Waals surface area contributed by atoms with Crippen molar-refractivity contribution in [2.45, 2.75) is 38.6 Å². The Bertz CT molecular complexity index is 1120. The van der Waals surface area contributed by atoms with Crippen LogP contribution in [-0.4, -0.2) is 42.7 Å². The van der Waals surface area contributed by atoms with Crippen molar-refractivity contribution in [3.63, 3.8) is 0 Å². The lowest BCUT2D eigenvalue weighted by Gasteiger charge is -2.17. The van der Waals surface area contributed by atoms with Crippen molar-refractivity contribution < 1.29 is 28.5 Å². The first-order valence-electron chi connectivity index (χ1n) is 11.1. The number of hydrogen-bond acceptors (Lipinski definition) is 4. The van der Waals surface area contributed by atoms with Crippen LogP contribution in [0.25, 0.3) is 11.1 Å². The van der Waals surface area contributed by atoms with Crippen LogP contribution >= 0.6 is 23.2 Å². The summed E-state index contributed by atoms with van der Waals surface area (Å²) >= 11 is 12.2. The molecular formula is C27H27Cl2FO5.